The van der Waals surface area contributed by atoms with Gasteiger partial charge in [-0.1, -0.05) is 23.2 Å². The van der Waals surface area contributed by atoms with E-state index in [1.54, 1.807) is 16.7 Å². The number of imidazole rings is 1. The summed E-state index contributed by atoms with van der Waals surface area (Å²) in [5.74, 6) is 1.66. The second-order valence-corrected chi connectivity index (χ2v) is 7.62. The third-order valence-electron chi connectivity index (χ3n) is 3.59. The number of pyridine rings is 1. The summed E-state index contributed by atoms with van der Waals surface area (Å²) in [4.78, 5) is 4.44. The average molecular weight is 347 g/mol. The van der Waals surface area contributed by atoms with E-state index >= 15 is 0 Å². The van der Waals surface area contributed by atoms with Crippen LogP contribution in [0.15, 0.2) is 18.5 Å². The van der Waals surface area contributed by atoms with Gasteiger partial charge in [-0.3, -0.25) is 4.21 Å². The van der Waals surface area contributed by atoms with Crippen molar-refractivity contribution in [1.82, 2.24) is 9.38 Å². The lowest BCUT2D eigenvalue weighted by Gasteiger charge is -2.21. The molecule has 0 N–H and O–H groups in total. The standard InChI is InChI=1S/C14H16Cl2N2O2S/c15-11-5-13(16)14-17-12(7-18(14)6-11)9-21(19)8-10-1-3-20-4-2-10/h5-7,10H,1-4,8-9H2. The molecule has 1 aliphatic rings. The zero-order valence-corrected chi connectivity index (χ0v) is 13.8. The summed E-state index contributed by atoms with van der Waals surface area (Å²) in [6, 6.07) is 1.66. The van der Waals surface area contributed by atoms with Gasteiger partial charge in [0, 0.05) is 42.2 Å². The molecule has 4 nitrogen and oxygen atoms in total. The van der Waals surface area contributed by atoms with Gasteiger partial charge in [0.05, 0.1) is 21.5 Å². The van der Waals surface area contributed by atoms with Crippen LogP contribution in [0.25, 0.3) is 5.65 Å². The monoisotopic (exact) mass is 346 g/mol. The van der Waals surface area contributed by atoms with Gasteiger partial charge in [-0.2, -0.15) is 0 Å². The summed E-state index contributed by atoms with van der Waals surface area (Å²) in [7, 11) is -0.915. The van der Waals surface area contributed by atoms with Crippen LogP contribution in [0.5, 0.6) is 0 Å². The molecule has 1 fully saturated rings. The van der Waals surface area contributed by atoms with E-state index in [1.807, 2.05) is 6.20 Å². The molecule has 2 aromatic heterocycles. The molecule has 1 saturated heterocycles. The van der Waals surface area contributed by atoms with E-state index in [4.69, 9.17) is 27.9 Å². The quantitative estimate of drug-likeness (QED) is 0.852. The Kier molecular flexibility index (Phi) is 4.84. The fourth-order valence-electron chi connectivity index (χ4n) is 2.54. The lowest BCUT2D eigenvalue weighted by Crippen LogP contribution is -2.21. The van der Waals surface area contributed by atoms with Crippen LogP contribution >= 0.6 is 23.2 Å². The first-order chi connectivity index (χ1) is 10.1. The summed E-state index contributed by atoms with van der Waals surface area (Å²) >= 11 is 12.1. The molecule has 1 unspecified atom stereocenters. The lowest BCUT2D eigenvalue weighted by atomic mass is 10.0. The van der Waals surface area contributed by atoms with E-state index in [0.717, 1.165) is 31.7 Å². The molecule has 3 heterocycles. The van der Waals surface area contributed by atoms with Gasteiger partial charge < -0.3 is 9.14 Å². The summed E-state index contributed by atoms with van der Waals surface area (Å²) in [5.41, 5.74) is 1.43. The fourth-order valence-corrected chi connectivity index (χ4v) is 4.52. The van der Waals surface area contributed by atoms with Crippen molar-refractivity contribution in [3.05, 3.63) is 34.2 Å². The molecule has 3 rings (SSSR count). The zero-order valence-electron chi connectivity index (χ0n) is 11.4. The Morgan fingerprint density at radius 2 is 2.10 bits per heavy atom. The van der Waals surface area contributed by atoms with Crippen molar-refractivity contribution < 1.29 is 8.95 Å². The number of nitrogens with zero attached hydrogens (tertiary/aromatic N) is 2. The molecule has 1 aliphatic heterocycles. The largest absolute Gasteiger partial charge is 0.381 e. The van der Waals surface area contributed by atoms with Crippen molar-refractivity contribution >= 4 is 39.6 Å². The topological polar surface area (TPSA) is 43.6 Å². The first kappa shape index (κ1) is 15.3. The van der Waals surface area contributed by atoms with E-state index in [0.29, 0.717) is 33.1 Å². The van der Waals surface area contributed by atoms with Gasteiger partial charge in [0.2, 0.25) is 0 Å². The van der Waals surface area contributed by atoms with Crippen molar-refractivity contribution in [1.29, 1.82) is 0 Å². The molecule has 0 aliphatic carbocycles. The Bertz CT molecular complexity index is 668. The van der Waals surface area contributed by atoms with E-state index in [9.17, 15) is 4.21 Å². The Hall–Kier alpha value is -0.620. The number of hydrogen-bond acceptors (Lipinski definition) is 3. The molecular formula is C14H16Cl2N2O2S. The number of ether oxygens (including phenoxy) is 1. The van der Waals surface area contributed by atoms with Gasteiger partial charge in [-0.15, -0.1) is 0 Å². The smallest absolute Gasteiger partial charge is 0.155 e. The number of halogens is 2. The zero-order chi connectivity index (χ0) is 14.8. The minimum Gasteiger partial charge on any atom is -0.381 e. The van der Waals surface area contributed by atoms with Crippen LogP contribution in [0.2, 0.25) is 10.0 Å². The van der Waals surface area contributed by atoms with Gasteiger partial charge in [-0.25, -0.2) is 4.98 Å². The number of hydrogen-bond donors (Lipinski definition) is 0. The molecule has 7 heteroatoms. The summed E-state index contributed by atoms with van der Waals surface area (Å²) in [6.45, 7) is 1.56. The normalized spacial score (nSPS) is 18.2. The highest BCUT2D eigenvalue weighted by molar-refractivity contribution is 7.84. The van der Waals surface area contributed by atoms with Gasteiger partial charge in [-0.05, 0) is 24.8 Å². The van der Waals surface area contributed by atoms with Gasteiger partial charge in [0.25, 0.3) is 0 Å². The van der Waals surface area contributed by atoms with E-state index in [2.05, 4.69) is 4.98 Å². The number of aromatic nitrogens is 2. The maximum absolute atomic E-state index is 12.3. The molecule has 0 aromatic carbocycles. The molecule has 2 aromatic rings. The van der Waals surface area contributed by atoms with Gasteiger partial charge >= 0.3 is 0 Å². The van der Waals surface area contributed by atoms with Crippen molar-refractivity contribution in [2.75, 3.05) is 19.0 Å². The highest BCUT2D eigenvalue weighted by atomic mass is 35.5. The van der Waals surface area contributed by atoms with Gasteiger partial charge in [0.15, 0.2) is 5.65 Å². The van der Waals surface area contributed by atoms with Crippen LogP contribution in [0.4, 0.5) is 0 Å². The summed E-state index contributed by atoms with van der Waals surface area (Å²) in [6.07, 6.45) is 5.59. The average Bonchev–Trinajstić information content (AvgIpc) is 2.82. The number of rotatable bonds is 4. The third-order valence-corrected chi connectivity index (χ3v) is 5.54. The first-order valence-electron chi connectivity index (χ1n) is 6.87. The van der Waals surface area contributed by atoms with E-state index in [1.165, 1.54) is 0 Å². The van der Waals surface area contributed by atoms with Crippen molar-refractivity contribution in [3.8, 4) is 0 Å². The first-order valence-corrected chi connectivity index (χ1v) is 9.11. The minimum atomic E-state index is -0.915. The van der Waals surface area contributed by atoms with Crippen LogP contribution in [-0.4, -0.2) is 32.6 Å². The summed E-state index contributed by atoms with van der Waals surface area (Å²) in [5, 5.41) is 1.06. The van der Waals surface area contributed by atoms with E-state index in [-0.39, 0.29) is 0 Å². The van der Waals surface area contributed by atoms with Crippen LogP contribution in [0.3, 0.4) is 0 Å². The Morgan fingerprint density at radius 3 is 2.86 bits per heavy atom. The molecule has 0 bridgehead atoms. The Morgan fingerprint density at radius 1 is 1.33 bits per heavy atom. The predicted molar refractivity (Wildman–Crippen MR) is 85.5 cm³/mol. The second-order valence-electron chi connectivity index (χ2n) is 5.28. The summed E-state index contributed by atoms with van der Waals surface area (Å²) < 4.78 is 19.4. The molecule has 0 amide bonds. The lowest BCUT2D eigenvalue weighted by molar-refractivity contribution is 0.0725. The van der Waals surface area contributed by atoms with Crippen LogP contribution in [0, 0.1) is 5.92 Å². The molecule has 1 atom stereocenters. The molecule has 0 spiro atoms. The van der Waals surface area contributed by atoms with Crippen molar-refractivity contribution in [3.63, 3.8) is 0 Å². The third kappa shape index (κ3) is 3.77. The van der Waals surface area contributed by atoms with Crippen molar-refractivity contribution in [2.45, 2.75) is 18.6 Å². The number of fused-ring (bicyclic) bond motifs is 1. The minimum absolute atomic E-state index is 0.451. The van der Waals surface area contributed by atoms with Crippen molar-refractivity contribution in [2.24, 2.45) is 5.92 Å². The molecule has 0 saturated carbocycles. The molecular weight excluding hydrogens is 331 g/mol. The highest BCUT2D eigenvalue weighted by Gasteiger charge is 2.18. The second kappa shape index (κ2) is 6.65. The SMILES string of the molecule is O=S(Cc1cn2cc(Cl)cc(Cl)c2n1)CC1CCOCC1. The molecule has 114 valence electrons. The van der Waals surface area contributed by atoms with E-state index < -0.39 is 10.8 Å². The van der Waals surface area contributed by atoms with Crippen LogP contribution in [0.1, 0.15) is 18.5 Å². The van der Waals surface area contributed by atoms with Crippen LogP contribution < -0.4 is 0 Å². The van der Waals surface area contributed by atoms with Crippen LogP contribution in [-0.2, 0) is 21.3 Å². The Balaban J connectivity index is 1.69. The molecule has 0 radical (unpaired) electrons. The highest BCUT2D eigenvalue weighted by Crippen LogP contribution is 2.23. The Labute approximate surface area is 135 Å². The maximum Gasteiger partial charge on any atom is 0.155 e. The maximum atomic E-state index is 12.3. The van der Waals surface area contributed by atoms with Gasteiger partial charge in [0.1, 0.15) is 0 Å². The molecule has 21 heavy (non-hydrogen) atoms. The predicted octanol–water partition coefficient (Wildman–Crippen LogP) is 3.32. The fraction of sp³-hybridized carbons (Fsp3) is 0.500.